The van der Waals surface area contributed by atoms with Crippen LogP contribution in [0.25, 0.3) is 0 Å². The van der Waals surface area contributed by atoms with Gasteiger partial charge in [-0.25, -0.2) is 8.78 Å². The molecule has 8 heteroatoms. The van der Waals surface area contributed by atoms with Crippen molar-refractivity contribution >= 4 is 0 Å². The lowest BCUT2D eigenvalue weighted by Crippen LogP contribution is -2.25. The van der Waals surface area contributed by atoms with Crippen LogP contribution in [0, 0.1) is 0 Å². The Morgan fingerprint density at radius 2 is 2.00 bits per heavy atom. The molecule has 4 nitrogen and oxygen atoms in total. The molecule has 0 fully saturated rings. The summed E-state index contributed by atoms with van der Waals surface area (Å²) in [5.74, 6) is -5.84. The Labute approximate surface area is 89.0 Å². The average Bonchev–Trinajstić information content (AvgIpc) is 2.63. The van der Waals surface area contributed by atoms with Gasteiger partial charge in [0.1, 0.15) is 0 Å². The summed E-state index contributed by atoms with van der Waals surface area (Å²) in [5.41, 5.74) is 0. The number of alkyl halides is 4. The van der Waals surface area contributed by atoms with Crippen molar-refractivity contribution in [2.24, 2.45) is 0 Å². The first-order valence-corrected chi connectivity index (χ1v) is 4.56. The first kappa shape index (κ1) is 12.9. The Hall–Kier alpha value is -1.18. The standard InChI is InChI=1S/C8H11F4N3O/c1-4(2)13-3-5-14-7(16-15-5)8(11,12)6(9)10/h4,6,13H,3H2,1-2H3. The first-order valence-electron chi connectivity index (χ1n) is 4.56. The van der Waals surface area contributed by atoms with E-state index in [-0.39, 0.29) is 18.4 Å². The van der Waals surface area contributed by atoms with Crippen LogP contribution in [0.3, 0.4) is 0 Å². The van der Waals surface area contributed by atoms with E-state index >= 15 is 0 Å². The zero-order chi connectivity index (χ0) is 12.3. The zero-order valence-corrected chi connectivity index (χ0v) is 8.68. The van der Waals surface area contributed by atoms with Crippen LogP contribution < -0.4 is 5.32 Å². The van der Waals surface area contributed by atoms with Gasteiger partial charge in [-0.05, 0) is 0 Å². The molecule has 1 aromatic rings. The van der Waals surface area contributed by atoms with Crippen molar-refractivity contribution < 1.29 is 22.1 Å². The Kier molecular flexibility index (Phi) is 3.84. The van der Waals surface area contributed by atoms with Crippen molar-refractivity contribution in [1.29, 1.82) is 0 Å². The Morgan fingerprint density at radius 3 is 2.50 bits per heavy atom. The molecule has 0 saturated heterocycles. The van der Waals surface area contributed by atoms with Gasteiger partial charge in [0.2, 0.25) is 0 Å². The normalized spacial score (nSPS) is 12.8. The fourth-order valence-corrected chi connectivity index (χ4v) is 0.850. The summed E-state index contributed by atoms with van der Waals surface area (Å²) in [4.78, 5) is 3.20. The van der Waals surface area contributed by atoms with Crippen LogP contribution >= 0.6 is 0 Å². The van der Waals surface area contributed by atoms with Crippen molar-refractivity contribution in [3.63, 3.8) is 0 Å². The summed E-state index contributed by atoms with van der Waals surface area (Å²) in [7, 11) is 0. The van der Waals surface area contributed by atoms with Gasteiger partial charge in [-0.3, -0.25) is 0 Å². The maximum atomic E-state index is 12.7. The number of hydrogen-bond donors (Lipinski definition) is 1. The molecule has 0 aliphatic carbocycles. The van der Waals surface area contributed by atoms with Crippen molar-refractivity contribution in [2.75, 3.05) is 0 Å². The molecule has 0 amide bonds. The van der Waals surface area contributed by atoms with Crippen LogP contribution in [0.2, 0.25) is 0 Å². The first-order chi connectivity index (χ1) is 7.34. The summed E-state index contributed by atoms with van der Waals surface area (Å²) < 4.78 is 53.4. The minimum Gasteiger partial charge on any atom is -0.332 e. The lowest BCUT2D eigenvalue weighted by Gasteiger charge is -2.08. The molecule has 0 bridgehead atoms. The van der Waals surface area contributed by atoms with Crippen LogP contribution in [0.5, 0.6) is 0 Å². The van der Waals surface area contributed by atoms with Crippen LogP contribution in [-0.2, 0) is 12.5 Å². The second kappa shape index (κ2) is 4.77. The van der Waals surface area contributed by atoms with Gasteiger partial charge in [-0.2, -0.15) is 13.8 Å². The molecule has 0 unspecified atom stereocenters. The Bertz CT molecular complexity index is 340. The van der Waals surface area contributed by atoms with Crippen molar-refractivity contribution in [2.45, 2.75) is 38.8 Å². The third-order valence-electron chi connectivity index (χ3n) is 1.70. The fraction of sp³-hybridized carbons (Fsp3) is 0.750. The van der Waals surface area contributed by atoms with E-state index < -0.39 is 18.2 Å². The number of rotatable bonds is 5. The Balaban J connectivity index is 2.71. The second-order valence-corrected chi connectivity index (χ2v) is 3.48. The van der Waals surface area contributed by atoms with Crippen molar-refractivity contribution in [1.82, 2.24) is 15.5 Å². The smallest absolute Gasteiger partial charge is 0.332 e. The molecule has 1 heterocycles. The molecule has 1 rings (SSSR count). The SMILES string of the molecule is CC(C)NCc1noc(C(F)(F)C(F)F)n1. The summed E-state index contributed by atoms with van der Waals surface area (Å²) in [6, 6.07) is 0.0950. The highest BCUT2D eigenvalue weighted by molar-refractivity contribution is 4.95. The highest BCUT2D eigenvalue weighted by Crippen LogP contribution is 2.32. The predicted octanol–water partition coefficient (Wildman–Crippen LogP) is 1.92. The van der Waals surface area contributed by atoms with Gasteiger partial charge in [0.05, 0.1) is 6.54 Å². The van der Waals surface area contributed by atoms with Gasteiger partial charge in [0, 0.05) is 6.04 Å². The van der Waals surface area contributed by atoms with E-state index in [1.165, 1.54) is 0 Å². The highest BCUT2D eigenvalue weighted by atomic mass is 19.3. The summed E-state index contributed by atoms with van der Waals surface area (Å²) in [6.07, 6.45) is -3.86. The molecule has 0 atom stereocenters. The van der Waals surface area contributed by atoms with E-state index in [2.05, 4.69) is 20.0 Å². The molecular weight excluding hydrogens is 230 g/mol. The van der Waals surface area contributed by atoms with Crippen LogP contribution in [0.1, 0.15) is 25.6 Å². The summed E-state index contributed by atoms with van der Waals surface area (Å²) >= 11 is 0. The van der Waals surface area contributed by atoms with Gasteiger partial charge in [-0.1, -0.05) is 19.0 Å². The third kappa shape index (κ3) is 2.91. The molecule has 16 heavy (non-hydrogen) atoms. The summed E-state index contributed by atoms with van der Waals surface area (Å²) in [6.45, 7) is 3.74. The van der Waals surface area contributed by atoms with E-state index in [1.54, 1.807) is 0 Å². The molecule has 0 aliphatic rings. The maximum Gasteiger partial charge on any atom is 0.383 e. The summed E-state index contributed by atoms with van der Waals surface area (Å²) in [5, 5.41) is 6.01. The van der Waals surface area contributed by atoms with E-state index in [1.807, 2.05) is 13.8 Å². The molecule has 1 N–H and O–H groups in total. The molecule has 0 radical (unpaired) electrons. The van der Waals surface area contributed by atoms with Gasteiger partial charge in [-0.15, -0.1) is 0 Å². The number of halogens is 4. The van der Waals surface area contributed by atoms with Crippen molar-refractivity contribution in [3.05, 3.63) is 11.7 Å². The van der Waals surface area contributed by atoms with E-state index in [9.17, 15) is 17.6 Å². The van der Waals surface area contributed by atoms with Gasteiger partial charge >= 0.3 is 18.2 Å². The third-order valence-corrected chi connectivity index (χ3v) is 1.70. The number of hydrogen-bond acceptors (Lipinski definition) is 4. The lowest BCUT2D eigenvalue weighted by atomic mass is 10.3. The topological polar surface area (TPSA) is 51.0 Å². The molecule has 0 aliphatic heterocycles. The maximum absolute atomic E-state index is 12.7. The monoisotopic (exact) mass is 241 g/mol. The van der Waals surface area contributed by atoms with Gasteiger partial charge < -0.3 is 9.84 Å². The van der Waals surface area contributed by atoms with Crippen LogP contribution in [0.4, 0.5) is 17.6 Å². The molecule has 1 aromatic heterocycles. The van der Waals surface area contributed by atoms with Crippen LogP contribution in [-0.4, -0.2) is 22.6 Å². The van der Waals surface area contributed by atoms with E-state index in [0.717, 1.165) is 0 Å². The van der Waals surface area contributed by atoms with Crippen molar-refractivity contribution in [3.8, 4) is 0 Å². The second-order valence-electron chi connectivity index (χ2n) is 3.48. The largest absolute Gasteiger partial charge is 0.383 e. The lowest BCUT2D eigenvalue weighted by molar-refractivity contribution is -0.152. The molecular formula is C8H11F4N3O. The number of nitrogens with one attached hydrogen (secondary N) is 1. The molecule has 0 saturated carbocycles. The number of nitrogens with zero attached hydrogens (tertiary/aromatic N) is 2. The molecule has 92 valence electrons. The van der Waals surface area contributed by atoms with E-state index in [0.29, 0.717) is 0 Å². The quantitative estimate of drug-likeness (QED) is 0.800. The Morgan fingerprint density at radius 1 is 1.38 bits per heavy atom. The van der Waals surface area contributed by atoms with Crippen LogP contribution in [0.15, 0.2) is 4.52 Å². The minimum absolute atomic E-state index is 0.0796. The van der Waals surface area contributed by atoms with Gasteiger partial charge in [0.25, 0.3) is 0 Å². The molecule has 0 aromatic carbocycles. The zero-order valence-electron chi connectivity index (χ0n) is 8.68. The number of aromatic nitrogens is 2. The van der Waals surface area contributed by atoms with E-state index in [4.69, 9.17) is 0 Å². The predicted molar refractivity (Wildman–Crippen MR) is 46.2 cm³/mol. The fourth-order valence-electron chi connectivity index (χ4n) is 0.850. The van der Waals surface area contributed by atoms with Gasteiger partial charge in [0.15, 0.2) is 5.82 Å². The average molecular weight is 241 g/mol. The molecule has 0 spiro atoms. The highest BCUT2D eigenvalue weighted by Gasteiger charge is 2.48. The minimum atomic E-state index is -4.40.